The van der Waals surface area contributed by atoms with Gasteiger partial charge in [0.2, 0.25) is 0 Å². The van der Waals surface area contributed by atoms with E-state index in [0.717, 1.165) is 45.8 Å². The van der Waals surface area contributed by atoms with Gasteiger partial charge in [-0.1, -0.05) is 12.1 Å². The van der Waals surface area contributed by atoms with E-state index >= 15 is 0 Å². The monoisotopic (exact) mass is 233 g/mol. The fraction of sp³-hybridized carbons (Fsp3) is 0.538. The number of benzene rings is 1. The van der Waals surface area contributed by atoms with Crippen LogP contribution in [0.4, 0.5) is 5.69 Å². The molecule has 2 heterocycles. The smallest absolute Gasteiger partial charge is 0.0612 e. The van der Waals surface area contributed by atoms with Gasteiger partial charge < -0.3 is 15.5 Å². The summed E-state index contributed by atoms with van der Waals surface area (Å²) in [6.07, 6.45) is 1.11. The van der Waals surface area contributed by atoms with Crippen LogP contribution in [0.3, 0.4) is 0 Å². The van der Waals surface area contributed by atoms with Gasteiger partial charge in [-0.05, 0) is 30.2 Å². The summed E-state index contributed by atoms with van der Waals surface area (Å²) in [5.74, 6) is 0. The predicted octanol–water partition coefficient (Wildman–Crippen LogP) is 0.991. The van der Waals surface area contributed by atoms with E-state index in [4.69, 9.17) is 4.74 Å². The van der Waals surface area contributed by atoms with Crippen LogP contribution in [0.15, 0.2) is 18.2 Å². The van der Waals surface area contributed by atoms with Crippen LogP contribution in [0.1, 0.15) is 11.1 Å². The summed E-state index contributed by atoms with van der Waals surface area (Å²) in [6, 6.07) is 6.53. The van der Waals surface area contributed by atoms with Crippen LogP contribution < -0.4 is 10.7 Å². The molecule has 0 saturated carbocycles. The van der Waals surface area contributed by atoms with Crippen LogP contribution in [0.5, 0.6) is 0 Å². The number of ether oxygens (including phenoxy) is 1. The zero-order valence-corrected chi connectivity index (χ0v) is 10.0. The van der Waals surface area contributed by atoms with Gasteiger partial charge in [-0.3, -0.25) is 0 Å². The molecule has 1 aromatic rings. The molecule has 1 fully saturated rings. The second-order valence-corrected chi connectivity index (χ2v) is 4.58. The Morgan fingerprint density at radius 2 is 2.12 bits per heavy atom. The highest BCUT2D eigenvalue weighted by Gasteiger charge is 2.15. The summed E-state index contributed by atoms with van der Waals surface area (Å²) in [5, 5.41) is 5.66. The molecule has 2 N–H and O–H groups in total. The molecule has 1 saturated heterocycles. The van der Waals surface area contributed by atoms with Gasteiger partial charge in [0.25, 0.3) is 0 Å². The van der Waals surface area contributed by atoms with Crippen molar-refractivity contribution in [2.75, 3.05) is 38.3 Å². The molecular formula is C13H19N3O. The van der Waals surface area contributed by atoms with E-state index in [0.29, 0.717) is 0 Å². The number of nitrogens with zero attached hydrogens (tertiary/aromatic N) is 1. The molecule has 4 nitrogen and oxygen atoms in total. The maximum Gasteiger partial charge on any atom is 0.0612 e. The van der Waals surface area contributed by atoms with Gasteiger partial charge in [0.05, 0.1) is 18.9 Å². The zero-order valence-electron chi connectivity index (χ0n) is 10.0. The van der Waals surface area contributed by atoms with Crippen LogP contribution in [-0.4, -0.2) is 37.9 Å². The van der Waals surface area contributed by atoms with Crippen molar-refractivity contribution in [2.24, 2.45) is 0 Å². The number of fused-ring (bicyclic) bond motifs is 1. The van der Waals surface area contributed by atoms with Crippen LogP contribution in [0, 0.1) is 0 Å². The van der Waals surface area contributed by atoms with E-state index < -0.39 is 0 Å². The number of morpholine rings is 1. The first-order chi connectivity index (χ1) is 8.43. The van der Waals surface area contributed by atoms with Crippen LogP contribution in [0.25, 0.3) is 0 Å². The fourth-order valence-electron chi connectivity index (χ4n) is 2.48. The summed E-state index contributed by atoms with van der Waals surface area (Å²) in [4.78, 5) is 0. The van der Waals surface area contributed by atoms with Gasteiger partial charge in [0, 0.05) is 19.6 Å². The number of hydrogen-bond acceptors (Lipinski definition) is 4. The van der Waals surface area contributed by atoms with Crippen molar-refractivity contribution in [1.29, 1.82) is 0 Å². The third kappa shape index (κ3) is 2.44. The van der Waals surface area contributed by atoms with Crippen LogP contribution >= 0.6 is 0 Å². The van der Waals surface area contributed by atoms with E-state index in [1.807, 2.05) is 0 Å². The molecule has 0 atom stereocenters. The molecule has 2 aliphatic rings. The molecule has 0 spiro atoms. The van der Waals surface area contributed by atoms with Crippen molar-refractivity contribution in [3.63, 3.8) is 0 Å². The molecule has 4 heteroatoms. The average molecular weight is 233 g/mol. The summed E-state index contributed by atoms with van der Waals surface area (Å²) >= 11 is 0. The van der Waals surface area contributed by atoms with E-state index in [1.54, 1.807) is 0 Å². The molecule has 92 valence electrons. The Balaban J connectivity index is 1.77. The Kier molecular flexibility index (Phi) is 3.27. The third-order valence-electron chi connectivity index (χ3n) is 3.43. The minimum absolute atomic E-state index is 0.823. The number of hydrogen-bond donors (Lipinski definition) is 2. The van der Waals surface area contributed by atoms with E-state index in [-0.39, 0.29) is 0 Å². The van der Waals surface area contributed by atoms with Crippen molar-refractivity contribution in [3.05, 3.63) is 29.3 Å². The van der Waals surface area contributed by atoms with Crippen molar-refractivity contribution in [1.82, 2.24) is 10.3 Å². The topological polar surface area (TPSA) is 36.5 Å². The molecule has 3 rings (SSSR count). The van der Waals surface area contributed by atoms with E-state index in [9.17, 15) is 0 Å². The van der Waals surface area contributed by atoms with Crippen LogP contribution in [-0.2, 0) is 17.7 Å². The second-order valence-electron chi connectivity index (χ2n) is 4.58. The highest BCUT2D eigenvalue weighted by Crippen LogP contribution is 2.23. The van der Waals surface area contributed by atoms with Crippen molar-refractivity contribution in [3.8, 4) is 0 Å². The van der Waals surface area contributed by atoms with Crippen molar-refractivity contribution >= 4 is 5.69 Å². The molecule has 2 aliphatic heterocycles. The van der Waals surface area contributed by atoms with Gasteiger partial charge >= 0.3 is 0 Å². The average Bonchev–Trinajstić information content (AvgIpc) is 2.40. The number of anilines is 1. The maximum absolute atomic E-state index is 5.36. The summed E-state index contributed by atoms with van der Waals surface area (Å²) in [7, 11) is 0. The summed E-state index contributed by atoms with van der Waals surface area (Å²) in [5.41, 5.74) is 7.70. The number of hydrazine groups is 1. The molecule has 1 aromatic carbocycles. The minimum Gasteiger partial charge on any atom is -0.379 e. The van der Waals surface area contributed by atoms with Crippen molar-refractivity contribution < 1.29 is 4.74 Å². The standard InChI is InChI=1S/C13H19N3O/c1-2-11-10-14-5-4-12(11)13(3-1)15-16-6-8-17-9-7-16/h1-3,14-15H,4-10H2. The highest BCUT2D eigenvalue weighted by molar-refractivity contribution is 5.55. The van der Waals surface area contributed by atoms with Crippen molar-refractivity contribution in [2.45, 2.75) is 13.0 Å². The molecule has 0 unspecified atom stereocenters. The molecule has 17 heavy (non-hydrogen) atoms. The van der Waals surface area contributed by atoms with Gasteiger partial charge in [-0.25, -0.2) is 5.01 Å². The first kappa shape index (κ1) is 11.0. The first-order valence-electron chi connectivity index (χ1n) is 6.34. The van der Waals surface area contributed by atoms with E-state index in [1.165, 1.54) is 16.8 Å². The van der Waals surface area contributed by atoms with Gasteiger partial charge in [0.15, 0.2) is 0 Å². The molecule has 0 amide bonds. The predicted molar refractivity (Wildman–Crippen MR) is 67.9 cm³/mol. The molecule has 0 aliphatic carbocycles. The Labute approximate surface area is 102 Å². The second kappa shape index (κ2) is 5.04. The van der Waals surface area contributed by atoms with E-state index in [2.05, 4.69) is 34.0 Å². The number of rotatable bonds is 2. The van der Waals surface area contributed by atoms with Gasteiger partial charge in [-0.2, -0.15) is 0 Å². The number of nitrogens with one attached hydrogen (secondary N) is 2. The molecular weight excluding hydrogens is 214 g/mol. The Morgan fingerprint density at radius 1 is 1.24 bits per heavy atom. The maximum atomic E-state index is 5.36. The quantitative estimate of drug-likeness (QED) is 0.799. The van der Waals surface area contributed by atoms with Crippen LogP contribution in [0.2, 0.25) is 0 Å². The summed E-state index contributed by atoms with van der Waals surface area (Å²) < 4.78 is 5.36. The minimum atomic E-state index is 0.823. The van der Waals surface area contributed by atoms with Gasteiger partial charge in [0.1, 0.15) is 0 Å². The lowest BCUT2D eigenvalue weighted by Gasteiger charge is -2.30. The highest BCUT2D eigenvalue weighted by atomic mass is 16.5. The molecule has 0 radical (unpaired) electrons. The van der Waals surface area contributed by atoms with Gasteiger partial charge in [-0.15, -0.1) is 0 Å². The summed E-state index contributed by atoms with van der Waals surface area (Å²) in [6.45, 7) is 5.64. The fourth-order valence-corrected chi connectivity index (χ4v) is 2.48. The SMILES string of the molecule is c1cc2c(c(NN3CCOCC3)c1)CCNC2. The Hall–Kier alpha value is -1.10. The molecule has 0 bridgehead atoms. The zero-order chi connectivity index (χ0) is 11.5. The lowest BCUT2D eigenvalue weighted by Crippen LogP contribution is -2.40. The largest absolute Gasteiger partial charge is 0.379 e. The Morgan fingerprint density at radius 3 is 3.00 bits per heavy atom. The lowest BCUT2D eigenvalue weighted by atomic mass is 9.99. The molecule has 0 aromatic heterocycles. The third-order valence-corrected chi connectivity index (χ3v) is 3.43. The normalized spacial score (nSPS) is 20.9. The lowest BCUT2D eigenvalue weighted by molar-refractivity contribution is 0.0496. The Bertz CT molecular complexity index is 388. The first-order valence-corrected chi connectivity index (χ1v) is 6.34.